The van der Waals surface area contributed by atoms with Crippen molar-refractivity contribution in [1.29, 1.82) is 0 Å². The topological polar surface area (TPSA) is 12.0 Å². The summed E-state index contributed by atoms with van der Waals surface area (Å²) in [4.78, 5) is 0. The Morgan fingerprint density at radius 3 is 2.73 bits per heavy atom. The lowest BCUT2D eigenvalue weighted by molar-refractivity contribution is 0.512. The maximum atomic E-state index is 3.64. The summed E-state index contributed by atoms with van der Waals surface area (Å²) < 4.78 is 0. The minimum atomic E-state index is 0.494. The molecule has 82 valence electrons. The maximum absolute atomic E-state index is 3.64. The Morgan fingerprint density at radius 2 is 2.07 bits per heavy atom. The minimum absolute atomic E-state index is 0.494. The molecular weight excluding hydrogens is 202 g/mol. The Kier molecular flexibility index (Phi) is 3.37. The van der Waals surface area contributed by atoms with Crippen LogP contribution in [0.5, 0.6) is 0 Å². The summed E-state index contributed by atoms with van der Waals surface area (Å²) in [5, 5.41) is 4.14. The Morgan fingerprint density at radius 1 is 1.27 bits per heavy atom. The van der Waals surface area contributed by atoms with Crippen molar-refractivity contribution in [3.05, 3.63) is 34.9 Å². The van der Waals surface area contributed by atoms with Crippen LogP contribution in [-0.4, -0.2) is 11.8 Å². The molecule has 0 aromatic heterocycles. The van der Waals surface area contributed by atoms with Gasteiger partial charge in [0, 0.05) is 6.04 Å². The van der Waals surface area contributed by atoms with Crippen LogP contribution in [0.25, 0.3) is 0 Å². The van der Waals surface area contributed by atoms with Gasteiger partial charge in [0.15, 0.2) is 0 Å². The van der Waals surface area contributed by atoms with Gasteiger partial charge in [0.25, 0.3) is 0 Å². The van der Waals surface area contributed by atoms with Gasteiger partial charge >= 0.3 is 0 Å². The molecule has 1 fully saturated rings. The number of benzene rings is 1. The van der Waals surface area contributed by atoms with Crippen molar-refractivity contribution in [1.82, 2.24) is 5.32 Å². The van der Waals surface area contributed by atoms with Crippen molar-refractivity contribution in [3.8, 4) is 0 Å². The Labute approximate surface area is 96.7 Å². The van der Waals surface area contributed by atoms with Crippen LogP contribution in [0.1, 0.15) is 35.4 Å². The molecule has 1 aliphatic heterocycles. The number of hydrogen-bond acceptors (Lipinski definition) is 2. The smallest absolute Gasteiger partial charge is 0.0791 e. The molecule has 0 aliphatic carbocycles. The maximum Gasteiger partial charge on any atom is 0.0791 e. The quantitative estimate of drug-likeness (QED) is 0.780. The Hall–Kier alpha value is -0.470. The van der Waals surface area contributed by atoms with E-state index in [2.05, 4.69) is 44.3 Å². The second-order valence-corrected chi connectivity index (χ2v) is 5.66. The number of nitrogens with one attached hydrogen (secondary N) is 1. The largest absolute Gasteiger partial charge is 0.299 e. The van der Waals surface area contributed by atoms with Gasteiger partial charge in [-0.05, 0) is 49.6 Å². The fourth-order valence-corrected chi connectivity index (χ4v) is 3.27. The first kappa shape index (κ1) is 11.0. The molecule has 1 heterocycles. The van der Waals surface area contributed by atoms with E-state index in [-0.39, 0.29) is 0 Å². The van der Waals surface area contributed by atoms with Crippen LogP contribution in [-0.2, 0) is 0 Å². The summed E-state index contributed by atoms with van der Waals surface area (Å²) in [7, 11) is 0. The SMILES string of the molecule is Cc1ccc(C2NC(C)CCS2)cc1C. The van der Waals surface area contributed by atoms with Gasteiger partial charge in [-0.15, -0.1) is 11.8 Å². The zero-order valence-electron chi connectivity index (χ0n) is 9.71. The van der Waals surface area contributed by atoms with Gasteiger partial charge in [0.05, 0.1) is 5.37 Å². The summed E-state index contributed by atoms with van der Waals surface area (Å²) in [5.41, 5.74) is 4.20. The van der Waals surface area contributed by atoms with Crippen molar-refractivity contribution in [2.75, 3.05) is 5.75 Å². The van der Waals surface area contributed by atoms with E-state index in [9.17, 15) is 0 Å². The molecule has 0 saturated carbocycles. The van der Waals surface area contributed by atoms with Crippen molar-refractivity contribution < 1.29 is 0 Å². The molecular formula is C13H19NS. The third-order valence-corrected chi connectivity index (χ3v) is 4.32. The molecule has 0 amide bonds. The molecule has 2 unspecified atom stereocenters. The molecule has 2 heteroatoms. The molecule has 1 aromatic rings. The highest BCUT2D eigenvalue weighted by Gasteiger charge is 2.19. The first-order valence-electron chi connectivity index (χ1n) is 5.61. The molecule has 2 rings (SSSR count). The van der Waals surface area contributed by atoms with Gasteiger partial charge in [-0.3, -0.25) is 5.32 Å². The highest BCUT2D eigenvalue weighted by atomic mass is 32.2. The summed E-state index contributed by atoms with van der Waals surface area (Å²) in [6.45, 7) is 6.63. The standard InChI is InChI=1S/C13H19NS/c1-9-4-5-12(8-10(9)2)13-14-11(3)6-7-15-13/h4-5,8,11,13-14H,6-7H2,1-3H3. The predicted octanol–water partition coefficient (Wildman–Crippen LogP) is 3.42. The van der Waals surface area contributed by atoms with E-state index >= 15 is 0 Å². The summed E-state index contributed by atoms with van der Waals surface area (Å²) in [5.74, 6) is 1.27. The van der Waals surface area contributed by atoms with E-state index < -0.39 is 0 Å². The number of hydrogen-bond donors (Lipinski definition) is 1. The third-order valence-electron chi connectivity index (χ3n) is 3.10. The highest BCUT2D eigenvalue weighted by Crippen LogP contribution is 2.32. The molecule has 1 nitrogen and oxygen atoms in total. The average molecular weight is 221 g/mol. The molecule has 0 radical (unpaired) electrons. The van der Waals surface area contributed by atoms with Crippen LogP contribution in [0.4, 0.5) is 0 Å². The molecule has 15 heavy (non-hydrogen) atoms. The average Bonchev–Trinajstić information content (AvgIpc) is 2.22. The molecule has 1 aliphatic rings. The number of thioether (sulfide) groups is 1. The monoisotopic (exact) mass is 221 g/mol. The van der Waals surface area contributed by atoms with Crippen LogP contribution in [0.2, 0.25) is 0 Å². The fourth-order valence-electron chi connectivity index (χ4n) is 1.87. The van der Waals surface area contributed by atoms with Gasteiger partial charge < -0.3 is 0 Å². The van der Waals surface area contributed by atoms with Crippen molar-refractivity contribution in [2.24, 2.45) is 0 Å². The predicted molar refractivity (Wildman–Crippen MR) is 68.3 cm³/mol. The van der Waals surface area contributed by atoms with Gasteiger partial charge in [0.2, 0.25) is 0 Å². The first-order chi connectivity index (χ1) is 7.16. The van der Waals surface area contributed by atoms with Crippen LogP contribution in [0.15, 0.2) is 18.2 Å². The summed E-state index contributed by atoms with van der Waals surface area (Å²) >= 11 is 2.02. The molecule has 1 aromatic carbocycles. The normalized spacial score (nSPS) is 26.6. The van der Waals surface area contributed by atoms with E-state index in [4.69, 9.17) is 0 Å². The highest BCUT2D eigenvalue weighted by molar-refractivity contribution is 7.99. The van der Waals surface area contributed by atoms with E-state index in [1.807, 2.05) is 11.8 Å². The zero-order valence-corrected chi connectivity index (χ0v) is 10.5. The van der Waals surface area contributed by atoms with E-state index in [1.54, 1.807) is 0 Å². The van der Waals surface area contributed by atoms with Gasteiger partial charge in [-0.25, -0.2) is 0 Å². The molecule has 2 atom stereocenters. The summed E-state index contributed by atoms with van der Waals surface area (Å²) in [6, 6.07) is 7.45. The third kappa shape index (κ3) is 2.56. The fraction of sp³-hybridized carbons (Fsp3) is 0.538. The second-order valence-electron chi connectivity index (χ2n) is 4.45. The zero-order chi connectivity index (χ0) is 10.8. The van der Waals surface area contributed by atoms with E-state index in [0.29, 0.717) is 11.4 Å². The van der Waals surface area contributed by atoms with Gasteiger partial charge in [-0.1, -0.05) is 18.2 Å². The van der Waals surface area contributed by atoms with Crippen LogP contribution >= 0.6 is 11.8 Å². The number of rotatable bonds is 1. The number of aryl methyl sites for hydroxylation is 2. The van der Waals surface area contributed by atoms with Crippen molar-refractivity contribution >= 4 is 11.8 Å². The molecule has 1 N–H and O–H groups in total. The van der Waals surface area contributed by atoms with Crippen LogP contribution in [0.3, 0.4) is 0 Å². The van der Waals surface area contributed by atoms with Gasteiger partial charge in [-0.2, -0.15) is 0 Å². The first-order valence-corrected chi connectivity index (χ1v) is 6.66. The van der Waals surface area contributed by atoms with E-state index in [0.717, 1.165) is 0 Å². The van der Waals surface area contributed by atoms with Crippen LogP contribution < -0.4 is 5.32 Å². The molecule has 0 spiro atoms. The summed E-state index contributed by atoms with van der Waals surface area (Å²) in [6.07, 6.45) is 1.28. The molecule has 1 saturated heterocycles. The lowest BCUT2D eigenvalue weighted by Crippen LogP contribution is -2.33. The second kappa shape index (κ2) is 4.58. The lowest BCUT2D eigenvalue weighted by atomic mass is 10.1. The molecule has 0 bridgehead atoms. The van der Waals surface area contributed by atoms with Gasteiger partial charge in [0.1, 0.15) is 0 Å². The minimum Gasteiger partial charge on any atom is -0.299 e. The Balaban J connectivity index is 2.18. The lowest BCUT2D eigenvalue weighted by Gasteiger charge is -2.29. The van der Waals surface area contributed by atoms with Crippen molar-refractivity contribution in [2.45, 2.75) is 38.6 Å². The van der Waals surface area contributed by atoms with Crippen LogP contribution in [0, 0.1) is 13.8 Å². The van der Waals surface area contributed by atoms with Crippen molar-refractivity contribution in [3.63, 3.8) is 0 Å². The van der Waals surface area contributed by atoms with E-state index in [1.165, 1.54) is 28.9 Å². The Bertz CT molecular complexity index is 348.